The number of ketones is 2. The summed E-state index contributed by atoms with van der Waals surface area (Å²) in [5.41, 5.74) is 0.105. The number of esters is 3. The fourth-order valence-electron chi connectivity index (χ4n) is 1.57. The molecule has 0 radical (unpaired) electrons. The normalized spacial score (nSPS) is 9.29. The maximum atomic E-state index is 11.6. The Bertz CT molecular complexity index is 667. The molecule has 0 aliphatic rings. The monoisotopic (exact) mass is 397 g/mol. The molecule has 0 atom stereocenters. The van der Waals surface area contributed by atoms with E-state index in [1.165, 1.54) is 19.4 Å². The number of hydrogen-bond donors (Lipinski definition) is 0. The van der Waals surface area contributed by atoms with Crippen LogP contribution in [0.25, 0.3) is 0 Å². The van der Waals surface area contributed by atoms with Crippen LogP contribution in [0.1, 0.15) is 37.7 Å². The van der Waals surface area contributed by atoms with Gasteiger partial charge >= 0.3 is 17.9 Å². The highest BCUT2D eigenvalue weighted by molar-refractivity contribution is 6.38. The van der Waals surface area contributed by atoms with Crippen LogP contribution in [-0.2, 0) is 33.4 Å². The number of rotatable bonds is 8. The van der Waals surface area contributed by atoms with Crippen LogP contribution in [0.5, 0.6) is 5.75 Å². The van der Waals surface area contributed by atoms with Gasteiger partial charge in [-0.25, -0.2) is 19.4 Å². The predicted octanol–water partition coefficient (Wildman–Crippen LogP) is 0.908. The lowest BCUT2D eigenvalue weighted by Crippen LogP contribution is -2.21. The zero-order chi connectivity index (χ0) is 21.5. The number of ether oxygens (including phenoxy) is 4. The molecule has 0 fully saturated rings. The minimum atomic E-state index is -1.00. The molecule has 0 bridgehead atoms. The molecule has 10 nitrogen and oxygen atoms in total. The summed E-state index contributed by atoms with van der Waals surface area (Å²) in [5.74, 6) is -3.76. The van der Waals surface area contributed by atoms with Gasteiger partial charge < -0.3 is 18.9 Å². The van der Waals surface area contributed by atoms with Gasteiger partial charge in [-0.2, -0.15) is 0 Å². The fraction of sp³-hybridized carbons (Fsp3) is 0.444. The maximum Gasteiger partial charge on any atom is 0.417 e. The Labute approximate surface area is 162 Å². The number of hydrogen-bond acceptors (Lipinski definition) is 10. The number of aromatic nitrogens is 1. The van der Waals surface area contributed by atoms with Crippen LogP contribution in [0.15, 0.2) is 18.3 Å². The van der Waals surface area contributed by atoms with Crippen molar-refractivity contribution in [1.29, 1.82) is 0 Å². The first-order valence-electron chi connectivity index (χ1n) is 8.37. The van der Waals surface area contributed by atoms with E-state index in [9.17, 15) is 24.0 Å². The first-order chi connectivity index (χ1) is 13.3. The molecule has 0 saturated heterocycles. The number of methoxy groups -OCH3 is 1. The number of carbonyl (C=O) groups excluding carboxylic acids is 5. The lowest BCUT2D eigenvalue weighted by Gasteiger charge is -2.02. The average molecular weight is 397 g/mol. The van der Waals surface area contributed by atoms with Crippen LogP contribution >= 0.6 is 0 Å². The Hall–Kier alpha value is -3.30. The molecule has 10 heteroatoms. The molecule has 0 spiro atoms. The van der Waals surface area contributed by atoms with Crippen LogP contribution < -0.4 is 4.74 Å². The van der Waals surface area contributed by atoms with Crippen molar-refractivity contribution in [2.75, 3.05) is 26.9 Å². The van der Waals surface area contributed by atoms with Crippen molar-refractivity contribution in [3.05, 3.63) is 24.0 Å². The number of nitrogens with zero attached hydrogens (tertiary/aromatic N) is 1. The van der Waals surface area contributed by atoms with Crippen molar-refractivity contribution < 1.29 is 42.9 Å². The average Bonchev–Trinajstić information content (AvgIpc) is 2.69. The van der Waals surface area contributed by atoms with Crippen LogP contribution in [0.2, 0.25) is 0 Å². The quantitative estimate of drug-likeness (QED) is 0.205. The Kier molecular flexibility index (Phi) is 12.2. The molecular weight excluding hydrogens is 374 g/mol. The van der Waals surface area contributed by atoms with E-state index in [1.54, 1.807) is 26.8 Å². The second-order valence-electron chi connectivity index (χ2n) is 4.77. The van der Waals surface area contributed by atoms with Crippen LogP contribution in [0, 0.1) is 0 Å². The van der Waals surface area contributed by atoms with Crippen LogP contribution in [0.4, 0.5) is 0 Å². The van der Waals surface area contributed by atoms with Crippen molar-refractivity contribution in [3.8, 4) is 5.75 Å². The summed E-state index contributed by atoms with van der Waals surface area (Å²) < 4.78 is 18.1. The molecule has 0 N–H and O–H groups in total. The Morgan fingerprint density at radius 1 is 0.821 bits per heavy atom. The van der Waals surface area contributed by atoms with E-state index in [1.807, 2.05) is 0 Å². The van der Waals surface area contributed by atoms with E-state index in [4.69, 9.17) is 4.74 Å². The van der Waals surface area contributed by atoms with Gasteiger partial charge in [0.1, 0.15) is 11.4 Å². The number of carbonyl (C=O) groups is 5. The molecule has 1 aromatic rings. The van der Waals surface area contributed by atoms with Gasteiger partial charge in [0.05, 0.1) is 39.5 Å². The smallest absolute Gasteiger partial charge is 0.417 e. The standard InChI is InChI=1S/C12H13NO5.C6H10O4/c1-3-18-12(16)11(15)6-10(14)9-5-4-8(17-2)7-13-9;1-3-9-5(7)6(8)10-4-2/h4-5,7H,3,6H2,1-2H3;3-4H2,1-2H3. The molecule has 0 aliphatic heterocycles. The SMILES string of the molecule is CCOC(=O)C(=O)CC(=O)c1ccc(OC)cn1.CCOC(=O)C(=O)OCC. The van der Waals surface area contributed by atoms with E-state index >= 15 is 0 Å². The highest BCUT2D eigenvalue weighted by atomic mass is 16.6. The Morgan fingerprint density at radius 2 is 1.32 bits per heavy atom. The fourth-order valence-corrected chi connectivity index (χ4v) is 1.57. The summed E-state index contributed by atoms with van der Waals surface area (Å²) >= 11 is 0. The summed E-state index contributed by atoms with van der Waals surface area (Å²) in [4.78, 5) is 58.7. The van der Waals surface area contributed by atoms with Crippen molar-refractivity contribution in [3.63, 3.8) is 0 Å². The molecule has 0 aliphatic carbocycles. The Balaban J connectivity index is 0.000000621. The summed E-state index contributed by atoms with van der Waals surface area (Å²) in [5, 5.41) is 0. The topological polar surface area (TPSA) is 135 Å². The zero-order valence-electron chi connectivity index (χ0n) is 16.2. The van der Waals surface area contributed by atoms with E-state index in [0.717, 1.165) is 0 Å². The van der Waals surface area contributed by atoms with Gasteiger partial charge in [0.25, 0.3) is 0 Å². The van der Waals surface area contributed by atoms with Crippen molar-refractivity contribution >= 4 is 29.5 Å². The Morgan fingerprint density at radius 3 is 1.71 bits per heavy atom. The van der Waals surface area contributed by atoms with E-state index < -0.39 is 35.9 Å². The molecule has 1 aromatic heterocycles. The molecule has 0 unspecified atom stereocenters. The molecule has 0 saturated carbocycles. The lowest BCUT2D eigenvalue weighted by molar-refractivity contribution is -0.167. The first kappa shape index (κ1) is 24.7. The van der Waals surface area contributed by atoms with Gasteiger partial charge in [-0.05, 0) is 32.9 Å². The summed E-state index contributed by atoms with van der Waals surface area (Å²) in [6.07, 6.45) is 0.820. The predicted molar refractivity (Wildman–Crippen MR) is 94.6 cm³/mol. The van der Waals surface area contributed by atoms with E-state index in [-0.39, 0.29) is 25.5 Å². The van der Waals surface area contributed by atoms with Gasteiger partial charge in [0.15, 0.2) is 5.78 Å². The molecule has 28 heavy (non-hydrogen) atoms. The third-order valence-corrected chi connectivity index (χ3v) is 2.80. The zero-order valence-corrected chi connectivity index (χ0v) is 16.2. The lowest BCUT2D eigenvalue weighted by atomic mass is 10.1. The molecule has 0 aromatic carbocycles. The second kappa shape index (κ2) is 13.8. The summed E-state index contributed by atoms with van der Waals surface area (Å²) in [6.45, 7) is 5.31. The van der Waals surface area contributed by atoms with Gasteiger partial charge in [-0.15, -0.1) is 0 Å². The summed E-state index contributed by atoms with van der Waals surface area (Å²) in [7, 11) is 1.47. The van der Waals surface area contributed by atoms with Gasteiger partial charge in [0.2, 0.25) is 5.78 Å². The van der Waals surface area contributed by atoms with Crippen LogP contribution in [0.3, 0.4) is 0 Å². The largest absolute Gasteiger partial charge is 0.495 e. The van der Waals surface area contributed by atoms with Crippen molar-refractivity contribution in [1.82, 2.24) is 4.98 Å². The third-order valence-electron chi connectivity index (χ3n) is 2.80. The highest BCUT2D eigenvalue weighted by Crippen LogP contribution is 2.09. The van der Waals surface area contributed by atoms with Crippen molar-refractivity contribution in [2.45, 2.75) is 27.2 Å². The van der Waals surface area contributed by atoms with Gasteiger partial charge in [0, 0.05) is 0 Å². The summed E-state index contributed by atoms with van der Waals surface area (Å²) in [6, 6.07) is 2.98. The van der Waals surface area contributed by atoms with E-state index in [2.05, 4.69) is 19.2 Å². The minimum Gasteiger partial charge on any atom is -0.495 e. The third kappa shape index (κ3) is 9.41. The number of Topliss-reactive ketones (excluding diaryl/α,β-unsaturated/α-hetero) is 2. The molecular formula is C18H23NO9. The minimum absolute atomic E-state index is 0.0968. The molecule has 0 amide bonds. The molecule has 154 valence electrons. The van der Waals surface area contributed by atoms with Crippen molar-refractivity contribution in [2.24, 2.45) is 0 Å². The molecule has 1 rings (SSSR count). The highest BCUT2D eigenvalue weighted by Gasteiger charge is 2.20. The van der Waals surface area contributed by atoms with Crippen LogP contribution in [-0.4, -0.2) is 61.4 Å². The molecule has 1 heterocycles. The van der Waals surface area contributed by atoms with Gasteiger partial charge in [-0.1, -0.05) is 0 Å². The maximum absolute atomic E-state index is 11.6. The second-order valence-corrected chi connectivity index (χ2v) is 4.77. The first-order valence-corrected chi connectivity index (χ1v) is 8.37. The van der Waals surface area contributed by atoms with E-state index in [0.29, 0.717) is 5.75 Å². The van der Waals surface area contributed by atoms with Gasteiger partial charge in [-0.3, -0.25) is 9.59 Å². The number of pyridine rings is 1.